The first-order valence-electron chi connectivity index (χ1n) is 4.87. The number of hydrogen-bond acceptors (Lipinski definition) is 5. The largest absolute Gasteiger partial charge is 0.393 e. The van der Waals surface area contributed by atoms with Gasteiger partial charge in [0.2, 0.25) is 0 Å². The maximum absolute atomic E-state index is 5.78. The molecule has 0 bridgehead atoms. The van der Waals surface area contributed by atoms with E-state index in [1.807, 2.05) is 0 Å². The van der Waals surface area contributed by atoms with Crippen LogP contribution in [-0.4, -0.2) is 29.2 Å². The van der Waals surface area contributed by atoms with Crippen molar-refractivity contribution in [1.82, 2.24) is 9.97 Å². The van der Waals surface area contributed by atoms with Crippen LogP contribution < -0.4 is 11.1 Å². The molecule has 0 aliphatic carbocycles. The highest BCUT2D eigenvalue weighted by atomic mass is 35.5. The van der Waals surface area contributed by atoms with Gasteiger partial charge in [0.15, 0.2) is 11.0 Å². The van der Waals surface area contributed by atoms with E-state index in [0.29, 0.717) is 18.1 Å². The molecule has 5 nitrogen and oxygen atoms in total. The summed E-state index contributed by atoms with van der Waals surface area (Å²) in [4.78, 5) is 7.84. The van der Waals surface area contributed by atoms with Gasteiger partial charge >= 0.3 is 0 Å². The van der Waals surface area contributed by atoms with Crippen molar-refractivity contribution >= 4 is 23.1 Å². The van der Waals surface area contributed by atoms with Crippen LogP contribution in [0.5, 0.6) is 0 Å². The van der Waals surface area contributed by atoms with Gasteiger partial charge in [-0.1, -0.05) is 11.6 Å². The summed E-state index contributed by atoms with van der Waals surface area (Å²) in [7, 11) is 0. The molecule has 1 aromatic heterocycles. The average Bonchev–Trinajstić information content (AvgIpc) is 2.26. The third-order valence-corrected chi connectivity index (χ3v) is 2.64. The summed E-state index contributed by atoms with van der Waals surface area (Å²) in [6.45, 7) is 1.51. The Bertz CT molecular complexity index is 341. The number of nitrogens with one attached hydrogen (secondary N) is 1. The number of ether oxygens (including phenoxy) is 1. The maximum atomic E-state index is 5.78. The number of halogens is 1. The number of rotatable bonds is 2. The number of anilines is 2. The summed E-state index contributed by atoms with van der Waals surface area (Å²) in [6.07, 6.45) is 3.50. The molecule has 3 N–H and O–H groups in total. The monoisotopic (exact) mass is 228 g/mol. The minimum absolute atomic E-state index is 0.256. The van der Waals surface area contributed by atoms with E-state index in [1.165, 1.54) is 6.33 Å². The Morgan fingerprint density at radius 1 is 1.53 bits per heavy atom. The third-order valence-electron chi connectivity index (χ3n) is 2.34. The molecule has 1 saturated heterocycles. The molecule has 0 unspecified atom stereocenters. The molecule has 82 valence electrons. The second-order valence-electron chi connectivity index (χ2n) is 3.49. The molecule has 1 aliphatic heterocycles. The summed E-state index contributed by atoms with van der Waals surface area (Å²) >= 11 is 5.78. The summed E-state index contributed by atoms with van der Waals surface area (Å²) in [5, 5.41) is 3.49. The Morgan fingerprint density at radius 3 is 3.13 bits per heavy atom. The minimum atomic E-state index is 0.256. The average molecular weight is 229 g/mol. The van der Waals surface area contributed by atoms with Gasteiger partial charge in [-0.25, -0.2) is 9.97 Å². The molecule has 0 saturated carbocycles. The van der Waals surface area contributed by atoms with Crippen LogP contribution in [0, 0.1) is 0 Å². The van der Waals surface area contributed by atoms with Crippen LogP contribution >= 0.6 is 11.6 Å². The Hall–Kier alpha value is -1.07. The first-order chi connectivity index (χ1) is 7.27. The molecule has 2 heterocycles. The molecule has 1 aliphatic rings. The van der Waals surface area contributed by atoms with Crippen LogP contribution in [0.2, 0.25) is 5.15 Å². The number of nitrogen functional groups attached to an aromatic ring is 1. The fourth-order valence-corrected chi connectivity index (χ4v) is 1.67. The number of nitrogens with zero attached hydrogens (tertiary/aromatic N) is 2. The van der Waals surface area contributed by atoms with Gasteiger partial charge in [0.1, 0.15) is 12.0 Å². The highest BCUT2D eigenvalue weighted by molar-refractivity contribution is 6.32. The molecule has 1 atom stereocenters. The molecule has 15 heavy (non-hydrogen) atoms. The van der Waals surface area contributed by atoms with Gasteiger partial charge in [0.25, 0.3) is 0 Å². The van der Waals surface area contributed by atoms with Crippen molar-refractivity contribution in [2.24, 2.45) is 0 Å². The highest BCUT2D eigenvalue weighted by Gasteiger charge is 2.16. The summed E-state index contributed by atoms with van der Waals surface area (Å²) in [5.74, 6) is 0.588. The number of aromatic nitrogens is 2. The van der Waals surface area contributed by atoms with Crippen LogP contribution in [0.25, 0.3) is 0 Å². The van der Waals surface area contributed by atoms with Crippen molar-refractivity contribution in [3.8, 4) is 0 Å². The van der Waals surface area contributed by atoms with Crippen LogP contribution in [0.1, 0.15) is 12.8 Å². The van der Waals surface area contributed by atoms with Crippen molar-refractivity contribution in [1.29, 1.82) is 0 Å². The molecule has 0 amide bonds. The maximum Gasteiger partial charge on any atom is 0.157 e. The van der Waals surface area contributed by atoms with Crippen LogP contribution in [0.4, 0.5) is 11.5 Å². The second-order valence-corrected chi connectivity index (χ2v) is 3.84. The molecule has 0 aromatic carbocycles. The fourth-order valence-electron chi connectivity index (χ4n) is 1.54. The van der Waals surface area contributed by atoms with Gasteiger partial charge in [-0.05, 0) is 12.8 Å². The van der Waals surface area contributed by atoms with Crippen LogP contribution in [-0.2, 0) is 4.74 Å². The predicted octanol–water partition coefficient (Wildman–Crippen LogP) is 1.30. The van der Waals surface area contributed by atoms with Crippen molar-refractivity contribution in [3.63, 3.8) is 0 Å². The summed E-state index contributed by atoms with van der Waals surface area (Å²) in [6, 6.07) is 0.256. The zero-order valence-corrected chi connectivity index (χ0v) is 9.00. The molecule has 0 spiro atoms. The number of nitrogens with two attached hydrogens (primary N) is 1. The van der Waals surface area contributed by atoms with Gasteiger partial charge in [0.05, 0.1) is 12.6 Å². The van der Waals surface area contributed by atoms with Gasteiger partial charge in [-0.15, -0.1) is 0 Å². The summed E-state index contributed by atoms with van der Waals surface area (Å²) < 4.78 is 5.34. The van der Waals surface area contributed by atoms with E-state index in [1.54, 1.807) is 0 Å². The first kappa shape index (κ1) is 10.4. The zero-order chi connectivity index (χ0) is 10.7. The van der Waals surface area contributed by atoms with E-state index in [2.05, 4.69) is 15.3 Å². The Morgan fingerprint density at radius 2 is 2.40 bits per heavy atom. The van der Waals surface area contributed by atoms with E-state index in [0.717, 1.165) is 19.4 Å². The lowest BCUT2D eigenvalue weighted by molar-refractivity contribution is 0.0875. The van der Waals surface area contributed by atoms with E-state index in [-0.39, 0.29) is 11.2 Å². The van der Waals surface area contributed by atoms with Crippen molar-refractivity contribution in [2.45, 2.75) is 18.9 Å². The predicted molar refractivity (Wildman–Crippen MR) is 58.9 cm³/mol. The highest BCUT2D eigenvalue weighted by Crippen LogP contribution is 2.23. The van der Waals surface area contributed by atoms with Crippen LogP contribution in [0.3, 0.4) is 0 Å². The Balaban J connectivity index is 2.06. The second kappa shape index (κ2) is 4.63. The third kappa shape index (κ3) is 2.49. The molecule has 1 fully saturated rings. The van der Waals surface area contributed by atoms with Crippen molar-refractivity contribution < 1.29 is 4.74 Å². The van der Waals surface area contributed by atoms with E-state index in [9.17, 15) is 0 Å². The lowest BCUT2D eigenvalue weighted by Crippen LogP contribution is -2.30. The normalized spacial score (nSPS) is 21.3. The molecular weight excluding hydrogens is 216 g/mol. The van der Waals surface area contributed by atoms with E-state index < -0.39 is 0 Å². The molecule has 6 heteroatoms. The van der Waals surface area contributed by atoms with Crippen molar-refractivity contribution in [3.05, 3.63) is 11.5 Å². The quantitative estimate of drug-likeness (QED) is 0.747. The fraction of sp³-hybridized carbons (Fsp3) is 0.556. The molecule has 0 radical (unpaired) electrons. The van der Waals surface area contributed by atoms with E-state index >= 15 is 0 Å². The lowest BCUT2D eigenvalue weighted by Gasteiger charge is -2.24. The smallest absolute Gasteiger partial charge is 0.157 e. The van der Waals surface area contributed by atoms with Crippen LogP contribution in [0.15, 0.2) is 6.33 Å². The SMILES string of the molecule is Nc1c(Cl)ncnc1N[C@@H]1CCCOC1. The van der Waals surface area contributed by atoms with E-state index in [4.69, 9.17) is 22.1 Å². The van der Waals surface area contributed by atoms with Gasteiger partial charge in [0, 0.05) is 6.61 Å². The number of hydrogen-bond donors (Lipinski definition) is 2. The van der Waals surface area contributed by atoms with Gasteiger partial charge in [-0.3, -0.25) is 0 Å². The molecule has 2 rings (SSSR count). The van der Waals surface area contributed by atoms with Gasteiger partial charge in [-0.2, -0.15) is 0 Å². The zero-order valence-electron chi connectivity index (χ0n) is 8.24. The molecule has 1 aromatic rings. The lowest BCUT2D eigenvalue weighted by atomic mass is 10.1. The Labute approximate surface area is 93.0 Å². The Kier molecular flexibility index (Phi) is 3.23. The van der Waals surface area contributed by atoms with Gasteiger partial charge < -0.3 is 15.8 Å². The summed E-state index contributed by atoms with van der Waals surface area (Å²) in [5.41, 5.74) is 6.13. The van der Waals surface area contributed by atoms with Crippen molar-refractivity contribution in [2.75, 3.05) is 24.3 Å². The topological polar surface area (TPSA) is 73.1 Å². The molecular formula is C9H13ClN4O. The first-order valence-corrected chi connectivity index (χ1v) is 5.25. The standard InChI is InChI=1S/C9H13ClN4O/c10-8-7(11)9(13-5-12-8)14-6-2-1-3-15-4-6/h5-6H,1-4,11H2,(H,12,13,14)/t6-/m1/s1. The minimum Gasteiger partial charge on any atom is -0.393 e.